The predicted octanol–water partition coefficient (Wildman–Crippen LogP) is 1.61. The minimum atomic E-state index is -0.850. The van der Waals surface area contributed by atoms with Crippen LogP contribution in [-0.2, 0) is 40.1 Å². The van der Waals surface area contributed by atoms with Crippen LogP contribution in [0, 0.1) is 5.92 Å². The van der Waals surface area contributed by atoms with Crippen LogP contribution in [-0.4, -0.2) is 71.0 Å². The van der Waals surface area contributed by atoms with Crippen molar-refractivity contribution < 1.29 is 33.5 Å². The first-order valence-corrected chi connectivity index (χ1v) is 13.7. The van der Waals surface area contributed by atoms with Gasteiger partial charge in [-0.15, -0.1) is 11.8 Å². The lowest BCUT2D eigenvalue weighted by Gasteiger charge is -2.22. The third kappa shape index (κ3) is 9.81. The quantitative estimate of drug-likeness (QED) is 0.208. The lowest BCUT2D eigenvalue weighted by molar-refractivity contribution is -0.139. The molecule has 12 heteroatoms. The highest BCUT2D eigenvalue weighted by Gasteiger charge is 2.38. The molecule has 2 unspecified atom stereocenters. The Bertz CT molecular complexity index is 1000. The van der Waals surface area contributed by atoms with E-state index in [-0.39, 0.29) is 61.4 Å². The summed E-state index contributed by atoms with van der Waals surface area (Å²) >= 11 is 1.48. The van der Waals surface area contributed by atoms with Crippen LogP contribution < -0.4 is 16.0 Å². The minimum absolute atomic E-state index is 0.0503. The molecule has 1 aliphatic rings. The summed E-state index contributed by atoms with van der Waals surface area (Å²) in [5, 5.41) is 7.53. The lowest BCUT2D eigenvalue weighted by Crippen LogP contribution is -2.51. The Labute approximate surface area is 226 Å². The van der Waals surface area contributed by atoms with Crippen molar-refractivity contribution in [1.82, 2.24) is 15.5 Å². The maximum atomic E-state index is 12.7. The molecule has 5 amide bonds. The van der Waals surface area contributed by atoms with Gasteiger partial charge in [0.1, 0.15) is 12.6 Å². The van der Waals surface area contributed by atoms with Crippen LogP contribution in [0.5, 0.6) is 0 Å². The summed E-state index contributed by atoms with van der Waals surface area (Å²) in [6.45, 7) is 5.92. The first kappa shape index (κ1) is 30.8. The van der Waals surface area contributed by atoms with Gasteiger partial charge in [-0.1, -0.05) is 32.9 Å². The molecule has 0 aromatic heterocycles. The maximum absolute atomic E-state index is 12.7. The second-order valence-electron chi connectivity index (χ2n) is 9.21. The zero-order valence-electron chi connectivity index (χ0n) is 22.0. The molecule has 208 valence electrons. The molecule has 0 bridgehead atoms. The van der Waals surface area contributed by atoms with Gasteiger partial charge in [0.25, 0.3) is 6.47 Å². The van der Waals surface area contributed by atoms with E-state index in [4.69, 9.17) is 0 Å². The Kier molecular flexibility index (Phi) is 12.8. The van der Waals surface area contributed by atoms with E-state index in [1.165, 1.54) is 16.7 Å². The summed E-state index contributed by atoms with van der Waals surface area (Å²) in [6, 6.07) is 5.84. The van der Waals surface area contributed by atoms with Gasteiger partial charge >= 0.3 is 0 Å². The number of amides is 5. The van der Waals surface area contributed by atoms with E-state index in [0.717, 1.165) is 17.7 Å². The third-order valence-electron chi connectivity index (χ3n) is 5.76. The largest absolute Gasteiger partial charge is 0.463 e. The number of imide groups is 1. The van der Waals surface area contributed by atoms with E-state index in [0.29, 0.717) is 18.6 Å². The first-order chi connectivity index (χ1) is 18.2. The van der Waals surface area contributed by atoms with Gasteiger partial charge in [0, 0.05) is 25.1 Å². The fraction of sp³-hybridized carbons (Fsp3) is 0.538. The zero-order valence-corrected chi connectivity index (χ0v) is 22.8. The summed E-state index contributed by atoms with van der Waals surface area (Å²) in [5.74, 6) is -1.16. The van der Waals surface area contributed by atoms with Crippen LogP contribution in [0.25, 0.3) is 0 Å². The van der Waals surface area contributed by atoms with Crippen LogP contribution in [0.3, 0.4) is 0 Å². The maximum Gasteiger partial charge on any atom is 0.293 e. The lowest BCUT2D eigenvalue weighted by atomic mass is 10.0. The van der Waals surface area contributed by atoms with Crippen molar-refractivity contribution in [3.8, 4) is 0 Å². The van der Waals surface area contributed by atoms with E-state index in [1.807, 2.05) is 6.92 Å². The summed E-state index contributed by atoms with van der Waals surface area (Å²) in [5.41, 5.74) is 1.27. The molecule has 1 heterocycles. The number of carbonyl (C=O) groups excluding carboxylic acids is 6. The molecule has 0 spiro atoms. The van der Waals surface area contributed by atoms with Crippen LogP contribution in [0.4, 0.5) is 5.69 Å². The highest BCUT2D eigenvalue weighted by molar-refractivity contribution is 8.00. The molecule has 1 saturated heterocycles. The molecule has 0 aliphatic carbocycles. The smallest absolute Gasteiger partial charge is 0.293 e. The van der Waals surface area contributed by atoms with E-state index in [2.05, 4.69) is 20.7 Å². The predicted molar refractivity (Wildman–Crippen MR) is 143 cm³/mol. The van der Waals surface area contributed by atoms with Crippen LogP contribution >= 0.6 is 11.8 Å². The number of nitrogens with zero attached hydrogens (tertiary/aromatic N) is 1. The molecular formula is C26H36N4O7S. The van der Waals surface area contributed by atoms with Crippen LogP contribution in [0.1, 0.15) is 52.0 Å². The Morgan fingerprint density at radius 2 is 1.87 bits per heavy atom. The number of likely N-dealkylation sites (tertiary alicyclic amines) is 1. The van der Waals surface area contributed by atoms with Crippen molar-refractivity contribution in [2.24, 2.45) is 5.92 Å². The first-order valence-electron chi connectivity index (χ1n) is 12.6. The third-order valence-corrected chi connectivity index (χ3v) is 7.17. The molecule has 1 aromatic rings. The number of carbonyl (C=O) groups is 6. The Morgan fingerprint density at radius 3 is 2.50 bits per heavy atom. The Balaban J connectivity index is 1.76. The molecule has 1 aromatic carbocycles. The number of nitrogens with one attached hydrogen (secondary N) is 3. The van der Waals surface area contributed by atoms with Gasteiger partial charge in [0.2, 0.25) is 29.5 Å². The molecule has 1 fully saturated rings. The van der Waals surface area contributed by atoms with Gasteiger partial charge in [-0.2, -0.15) is 0 Å². The summed E-state index contributed by atoms with van der Waals surface area (Å²) in [7, 11) is 0. The highest BCUT2D eigenvalue weighted by Crippen LogP contribution is 2.25. The van der Waals surface area contributed by atoms with Gasteiger partial charge in [-0.3, -0.25) is 33.7 Å². The molecule has 0 radical (unpaired) electrons. The second-order valence-corrected chi connectivity index (χ2v) is 10.5. The van der Waals surface area contributed by atoms with Gasteiger partial charge in [0.15, 0.2) is 0 Å². The van der Waals surface area contributed by atoms with Gasteiger partial charge in [0.05, 0.1) is 11.8 Å². The molecule has 11 nitrogen and oxygen atoms in total. The number of thioether (sulfide) groups is 1. The fourth-order valence-electron chi connectivity index (χ4n) is 3.75. The summed E-state index contributed by atoms with van der Waals surface area (Å²) < 4.78 is 4.67. The Hall–Kier alpha value is -3.41. The number of anilines is 1. The molecule has 1 aliphatic heterocycles. The van der Waals surface area contributed by atoms with Crippen molar-refractivity contribution in [3.63, 3.8) is 0 Å². The minimum Gasteiger partial charge on any atom is -0.463 e. The van der Waals surface area contributed by atoms with Crippen molar-refractivity contribution >= 4 is 53.5 Å². The van der Waals surface area contributed by atoms with Gasteiger partial charge in [-0.25, -0.2) is 0 Å². The van der Waals surface area contributed by atoms with Crippen molar-refractivity contribution in [3.05, 3.63) is 29.8 Å². The number of hydrogen-bond acceptors (Lipinski definition) is 8. The van der Waals surface area contributed by atoms with E-state index in [9.17, 15) is 28.8 Å². The number of hydrogen-bond donors (Lipinski definition) is 3. The van der Waals surface area contributed by atoms with E-state index >= 15 is 0 Å². The SMILES string of the molecule is CCCSC1CC(=O)N(CCCC(=O)NC(C(=O)NCC(=O)Nc2ccc(COC=O)cc2)C(C)C)C1=O. The molecule has 3 N–H and O–H groups in total. The molecular weight excluding hydrogens is 512 g/mol. The van der Waals surface area contributed by atoms with Crippen LogP contribution in [0.15, 0.2) is 24.3 Å². The van der Waals surface area contributed by atoms with E-state index in [1.54, 1.807) is 38.1 Å². The van der Waals surface area contributed by atoms with Crippen LogP contribution in [0.2, 0.25) is 0 Å². The summed E-state index contributed by atoms with van der Waals surface area (Å²) in [4.78, 5) is 73.5. The normalized spacial score (nSPS) is 15.8. The average Bonchev–Trinajstić information content (AvgIpc) is 3.16. The number of benzene rings is 1. The molecule has 0 saturated carbocycles. The van der Waals surface area contributed by atoms with E-state index < -0.39 is 17.9 Å². The van der Waals surface area contributed by atoms with Gasteiger partial charge < -0.3 is 20.7 Å². The highest BCUT2D eigenvalue weighted by atomic mass is 32.2. The zero-order chi connectivity index (χ0) is 28.1. The fourth-order valence-corrected chi connectivity index (χ4v) is 4.80. The standard InChI is InChI=1S/C26H36N4O7S/c1-4-12-38-20-13-23(34)30(26(20)36)11-5-6-21(32)29-24(17(2)3)25(35)27-14-22(33)28-19-9-7-18(8-10-19)15-37-16-31/h7-10,16-17,20,24H,4-6,11-15H2,1-3H3,(H,27,35)(H,28,33)(H,29,32). The summed E-state index contributed by atoms with van der Waals surface area (Å²) in [6.07, 6.45) is 1.46. The molecule has 38 heavy (non-hydrogen) atoms. The second kappa shape index (κ2) is 15.8. The Morgan fingerprint density at radius 1 is 1.16 bits per heavy atom. The number of rotatable bonds is 16. The number of ether oxygens (including phenoxy) is 1. The topological polar surface area (TPSA) is 151 Å². The van der Waals surface area contributed by atoms with Crippen molar-refractivity contribution in [2.75, 3.05) is 24.2 Å². The molecule has 2 rings (SSSR count). The monoisotopic (exact) mass is 548 g/mol. The van der Waals surface area contributed by atoms with Crippen molar-refractivity contribution in [2.45, 2.75) is 64.4 Å². The average molecular weight is 549 g/mol. The molecule has 2 atom stereocenters. The van der Waals surface area contributed by atoms with Gasteiger partial charge in [-0.05, 0) is 42.2 Å². The van der Waals surface area contributed by atoms with Crippen molar-refractivity contribution in [1.29, 1.82) is 0 Å².